The van der Waals surface area contributed by atoms with Gasteiger partial charge in [0.1, 0.15) is 6.26 Å². The van der Waals surface area contributed by atoms with Gasteiger partial charge in [-0.3, -0.25) is 4.79 Å². The van der Waals surface area contributed by atoms with E-state index in [4.69, 9.17) is 10.2 Å². The molecule has 2 rings (SSSR count). The number of rotatable bonds is 4. The lowest BCUT2D eigenvalue weighted by Gasteiger charge is -2.29. The molecule has 1 aromatic heterocycles. The topological polar surface area (TPSA) is 68.3 Å². The van der Waals surface area contributed by atoms with Gasteiger partial charge in [0.25, 0.3) is 5.91 Å². The smallest absolute Gasteiger partial charge is 0.254 e. The van der Waals surface area contributed by atoms with Crippen LogP contribution in [-0.4, -0.2) is 18.5 Å². The van der Waals surface area contributed by atoms with Crippen LogP contribution in [0.4, 0.5) is 0 Å². The maximum Gasteiger partial charge on any atom is 0.254 e. The van der Waals surface area contributed by atoms with Crippen molar-refractivity contribution in [2.75, 3.05) is 6.54 Å². The Kier molecular flexibility index (Phi) is 6.89. The van der Waals surface area contributed by atoms with Crippen molar-refractivity contribution >= 4 is 34.2 Å². The first-order valence-electron chi connectivity index (χ1n) is 6.45. The molecule has 1 saturated carbocycles. The summed E-state index contributed by atoms with van der Waals surface area (Å²) in [7, 11) is 0. The quantitative estimate of drug-likeness (QED) is 0.876. The largest absolute Gasteiger partial charge is 0.457 e. The molecule has 108 valence electrons. The third-order valence-electron chi connectivity index (χ3n) is 3.62. The Labute approximate surface area is 128 Å². The van der Waals surface area contributed by atoms with E-state index in [9.17, 15) is 4.79 Å². The minimum Gasteiger partial charge on any atom is -0.457 e. The van der Waals surface area contributed by atoms with E-state index in [2.05, 4.69) is 21.2 Å². The molecule has 0 bridgehead atoms. The van der Waals surface area contributed by atoms with Crippen molar-refractivity contribution in [1.82, 2.24) is 5.32 Å². The van der Waals surface area contributed by atoms with Crippen LogP contribution in [0, 0.1) is 5.92 Å². The fourth-order valence-corrected chi connectivity index (χ4v) is 2.93. The van der Waals surface area contributed by atoms with Crippen molar-refractivity contribution in [2.45, 2.75) is 38.1 Å². The molecular formula is C13H20BrClN2O2. The highest BCUT2D eigenvalue weighted by Gasteiger charge is 2.24. The minimum atomic E-state index is -0.106. The van der Waals surface area contributed by atoms with Crippen molar-refractivity contribution in [1.29, 1.82) is 0 Å². The van der Waals surface area contributed by atoms with Gasteiger partial charge in [-0.05, 0) is 34.7 Å². The summed E-state index contributed by atoms with van der Waals surface area (Å²) in [6, 6.07) is 1.75. The van der Waals surface area contributed by atoms with Gasteiger partial charge in [-0.1, -0.05) is 19.3 Å². The summed E-state index contributed by atoms with van der Waals surface area (Å²) in [5, 5.41) is 3.02. The zero-order chi connectivity index (χ0) is 13.0. The monoisotopic (exact) mass is 350 g/mol. The highest BCUT2D eigenvalue weighted by molar-refractivity contribution is 9.10. The maximum absolute atomic E-state index is 12.0. The SMILES string of the molecule is Cl.NCC(NC(=O)c1coc(Br)c1)C1CCCCC1. The van der Waals surface area contributed by atoms with Gasteiger partial charge in [0.2, 0.25) is 0 Å². The molecule has 1 unspecified atom stereocenters. The Morgan fingerprint density at radius 1 is 1.47 bits per heavy atom. The number of hydrogen-bond acceptors (Lipinski definition) is 3. The van der Waals surface area contributed by atoms with Crippen LogP contribution >= 0.6 is 28.3 Å². The predicted molar refractivity (Wildman–Crippen MR) is 80.5 cm³/mol. The lowest BCUT2D eigenvalue weighted by Crippen LogP contribution is -2.45. The van der Waals surface area contributed by atoms with Crippen molar-refractivity contribution in [3.05, 3.63) is 22.6 Å². The van der Waals surface area contributed by atoms with Crippen molar-refractivity contribution < 1.29 is 9.21 Å². The van der Waals surface area contributed by atoms with Crippen LogP contribution in [0.1, 0.15) is 42.5 Å². The molecule has 0 radical (unpaired) electrons. The fourth-order valence-electron chi connectivity index (χ4n) is 2.59. The van der Waals surface area contributed by atoms with E-state index >= 15 is 0 Å². The number of carbonyl (C=O) groups is 1. The number of hydrogen-bond donors (Lipinski definition) is 2. The Bertz CT molecular complexity index is 405. The van der Waals surface area contributed by atoms with E-state index in [1.807, 2.05) is 0 Å². The van der Waals surface area contributed by atoms with E-state index in [1.54, 1.807) is 6.07 Å². The molecule has 19 heavy (non-hydrogen) atoms. The van der Waals surface area contributed by atoms with Crippen LogP contribution in [-0.2, 0) is 0 Å². The second-order valence-corrected chi connectivity index (χ2v) is 5.63. The summed E-state index contributed by atoms with van der Waals surface area (Å²) < 4.78 is 5.64. The molecule has 1 amide bonds. The lowest BCUT2D eigenvalue weighted by molar-refractivity contribution is 0.0915. The average Bonchev–Trinajstić information content (AvgIpc) is 2.83. The molecule has 0 aliphatic heterocycles. The van der Waals surface area contributed by atoms with E-state index in [-0.39, 0.29) is 24.4 Å². The van der Waals surface area contributed by atoms with Crippen LogP contribution in [0.5, 0.6) is 0 Å². The second-order valence-electron chi connectivity index (χ2n) is 4.85. The van der Waals surface area contributed by atoms with Crippen LogP contribution in [0.3, 0.4) is 0 Å². The van der Waals surface area contributed by atoms with Gasteiger partial charge in [-0.15, -0.1) is 12.4 Å². The van der Waals surface area contributed by atoms with Crippen molar-refractivity contribution in [3.63, 3.8) is 0 Å². The highest BCUT2D eigenvalue weighted by atomic mass is 79.9. The van der Waals surface area contributed by atoms with Gasteiger partial charge in [0.15, 0.2) is 4.67 Å². The fraction of sp³-hybridized carbons (Fsp3) is 0.615. The van der Waals surface area contributed by atoms with Crippen LogP contribution in [0.25, 0.3) is 0 Å². The summed E-state index contributed by atoms with van der Waals surface area (Å²) in [5.41, 5.74) is 6.33. The molecule has 0 spiro atoms. The first kappa shape index (κ1) is 16.5. The maximum atomic E-state index is 12.0. The van der Waals surface area contributed by atoms with Gasteiger partial charge in [0, 0.05) is 18.7 Å². The zero-order valence-electron chi connectivity index (χ0n) is 10.7. The van der Waals surface area contributed by atoms with E-state index in [1.165, 1.54) is 25.5 Å². The van der Waals surface area contributed by atoms with E-state index in [0.29, 0.717) is 22.7 Å². The predicted octanol–water partition coefficient (Wildman–Crippen LogP) is 3.10. The molecule has 1 atom stereocenters. The summed E-state index contributed by atoms with van der Waals surface area (Å²) in [5.74, 6) is 0.411. The molecule has 0 aromatic carbocycles. The summed E-state index contributed by atoms with van der Waals surface area (Å²) in [6.45, 7) is 0.495. The second kappa shape index (κ2) is 7.92. The standard InChI is InChI=1S/C13H19BrN2O2.ClH/c14-12-6-10(8-18-12)13(17)16-11(7-15)9-4-2-1-3-5-9;/h6,8-9,11H,1-5,7,15H2,(H,16,17);1H. The summed E-state index contributed by atoms with van der Waals surface area (Å²) in [4.78, 5) is 12.0. The number of nitrogens with two attached hydrogens (primary N) is 1. The highest BCUT2D eigenvalue weighted by Crippen LogP contribution is 2.26. The third kappa shape index (κ3) is 4.51. The Morgan fingerprint density at radius 2 is 2.16 bits per heavy atom. The van der Waals surface area contributed by atoms with Gasteiger partial charge in [-0.25, -0.2) is 0 Å². The third-order valence-corrected chi connectivity index (χ3v) is 4.03. The van der Waals surface area contributed by atoms with Crippen molar-refractivity contribution in [2.24, 2.45) is 11.7 Å². The lowest BCUT2D eigenvalue weighted by atomic mass is 9.84. The molecule has 0 saturated heterocycles. The Balaban J connectivity index is 0.00000180. The first-order valence-corrected chi connectivity index (χ1v) is 7.25. The number of carbonyl (C=O) groups excluding carboxylic acids is 1. The van der Waals surface area contributed by atoms with Crippen molar-refractivity contribution in [3.8, 4) is 0 Å². The van der Waals surface area contributed by atoms with Gasteiger partial charge in [-0.2, -0.15) is 0 Å². The zero-order valence-corrected chi connectivity index (χ0v) is 13.1. The molecular weight excluding hydrogens is 332 g/mol. The minimum absolute atomic E-state index is 0. The average molecular weight is 352 g/mol. The van der Waals surface area contributed by atoms with E-state index in [0.717, 1.165) is 12.8 Å². The molecule has 1 aliphatic carbocycles. The number of amides is 1. The van der Waals surface area contributed by atoms with Crippen LogP contribution in [0.2, 0.25) is 0 Å². The molecule has 6 heteroatoms. The van der Waals surface area contributed by atoms with Gasteiger partial charge < -0.3 is 15.5 Å². The Morgan fingerprint density at radius 3 is 2.68 bits per heavy atom. The van der Waals surface area contributed by atoms with Crippen LogP contribution in [0.15, 0.2) is 21.4 Å². The Hall–Kier alpha value is -0.520. The van der Waals surface area contributed by atoms with Gasteiger partial charge >= 0.3 is 0 Å². The molecule has 1 fully saturated rings. The number of nitrogens with one attached hydrogen (secondary N) is 1. The molecule has 3 N–H and O–H groups in total. The summed E-state index contributed by atoms with van der Waals surface area (Å²) >= 11 is 3.19. The first-order chi connectivity index (χ1) is 8.70. The number of furan rings is 1. The molecule has 4 nitrogen and oxygen atoms in total. The summed E-state index contributed by atoms with van der Waals surface area (Å²) in [6.07, 6.45) is 7.57. The number of halogens is 2. The normalized spacial score (nSPS) is 17.6. The van der Waals surface area contributed by atoms with Gasteiger partial charge in [0.05, 0.1) is 5.56 Å². The molecule has 1 aliphatic rings. The molecule has 1 aromatic rings. The van der Waals surface area contributed by atoms with E-state index < -0.39 is 0 Å². The van der Waals surface area contributed by atoms with Crippen LogP contribution < -0.4 is 11.1 Å². The molecule has 1 heterocycles.